The van der Waals surface area contributed by atoms with Gasteiger partial charge in [-0.3, -0.25) is 0 Å². The highest BCUT2D eigenvalue weighted by Crippen LogP contribution is 2.15. The van der Waals surface area contributed by atoms with E-state index in [1.54, 1.807) is 24.3 Å². The maximum absolute atomic E-state index is 11.3. The number of carbonyl (C=O) groups is 1. The Labute approximate surface area is 89.0 Å². The molecule has 0 saturated carbocycles. The van der Waals surface area contributed by atoms with Gasteiger partial charge in [-0.2, -0.15) is 0 Å². The molecule has 1 rings (SSSR count). The number of carbonyl (C=O) groups excluding carboxylic acids is 1. The molecule has 0 spiro atoms. The number of hydrogen-bond acceptors (Lipinski definition) is 5. The minimum absolute atomic E-state index is 0.205. The first-order valence-electron chi connectivity index (χ1n) is 4.18. The summed E-state index contributed by atoms with van der Waals surface area (Å²) in [4.78, 5) is 11.3. The fourth-order valence-corrected chi connectivity index (χ4v) is 1.37. The first kappa shape index (κ1) is 11.5. The SMILES string of the molecule is COC(=O)c1ccccc1NC[SH](=O)=O. The first-order chi connectivity index (χ1) is 7.15. The summed E-state index contributed by atoms with van der Waals surface area (Å²) in [7, 11) is -1.25. The van der Waals surface area contributed by atoms with E-state index in [1.165, 1.54) is 7.11 Å². The molecule has 1 aromatic rings. The predicted octanol–water partition coefficient (Wildman–Crippen LogP) is 0.454. The topological polar surface area (TPSA) is 72.5 Å². The number of thiol groups is 1. The summed E-state index contributed by atoms with van der Waals surface area (Å²) in [6.07, 6.45) is 0. The van der Waals surface area contributed by atoms with Gasteiger partial charge in [0.25, 0.3) is 0 Å². The number of nitrogens with one attached hydrogen (secondary N) is 1. The van der Waals surface area contributed by atoms with E-state index < -0.39 is 16.7 Å². The van der Waals surface area contributed by atoms with Gasteiger partial charge in [0.1, 0.15) is 5.88 Å². The van der Waals surface area contributed by atoms with Crippen LogP contribution in [0.5, 0.6) is 0 Å². The molecule has 1 N–H and O–H groups in total. The second kappa shape index (κ2) is 5.35. The van der Waals surface area contributed by atoms with Gasteiger partial charge in [0.2, 0.25) is 0 Å². The van der Waals surface area contributed by atoms with Crippen LogP contribution in [0.1, 0.15) is 10.4 Å². The second-order valence-corrected chi connectivity index (χ2v) is 3.69. The van der Waals surface area contributed by atoms with E-state index in [4.69, 9.17) is 0 Å². The highest BCUT2D eigenvalue weighted by atomic mass is 32.2. The molecule has 0 bridgehead atoms. The van der Waals surface area contributed by atoms with Gasteiger partial charge in [0, 0.05) is 5.69 Å². The van der Waals surface area contributed by atoms with Gasteiger partial charge in [0.15, 0.2) is 10.7 Å². The lowest BCUT2D eigenvalue weighted by molar-refractivity contribution is 0.0602. The van der Waals surface area contributed by atoms with Crippen molar-refractivity contribution >= 4 is 22.4 Å². The van der Waals surface area contributed by atoms with Gasteiger partial charge in [-0.15, -0.1) is 0 Å². The maximum atomic E-state index is 11.3. The van der Waals surface area contributed by atoms with Gasteiger partial charge in [-0.05, 0) is 12.1 Å². The van der Waals surface area contributed by atoms with Crippen LogP contribution in [0.2, 0.25) is 0 Å². The van der Waals surface area contributed by atoms with Crippen LogP contribution < -0.4 is 5.32 Å². The van der Waals surface area contributed by atoms with Crippen LogP contribution in [0.3, 0.4) is 0 Å². The normalized spacial score (nSPS) is 10.0. The van der Waals surface area contributed by atoms with E-state index in [0.717, 1.165) is 0 Å². The van der Waals surface area contributed by atoms with E-state index in [0.29, 0.717) is 11.3 Å². The van der Waals surface area contributed by atoms with Crippen molar-refractivity contribution in [1.82, 2.24) is 0 Å². The number of rotatable bonds is 4. The third-order valence-electron chi connectivity index (χ3n) is 1.73. The second-order valence-electron chi connectivity index (χ2n) is 2.70. The molecule has 0 atom stereocenters. The van der Waals surface area contributed by atoms with E-state index >= 15 is 0 Å². The van der Waals surface area contributed by atoms with Crippen LogP contribution in [-0.4, -0.2) is 27.4 Å². The molecular formula is C9H11NO4S. The first-order valence-corrected chi connectivity index (χ1v) is 5.54. The third-order valence-corrected chi connectivity index (χ3v) is 2.15. The van der Waals surface area contributed by atoms with E-state index in [-0.39, 0.29) is 5.88 Å². The van der Waals surface area contributed by atoms with Crippen molar-refractivity contribution in [3.63, 3.8) is 0 Å². The summed E-state index contributed by atoms with van der Waals surface area (Å²) in [6.45, 7) is 0. The van der Waals surface area contributed by atoms with Gasteiger partial charge >= 0.3 is 5.97 Å². The molecular weight excluding hydrogens is 218 g/mol. The predicted molar refractivity (Wildman–Crippen MR) is 56.6 cm³/mol. The zero-order chi connectivity index (χ0) is 11.3. The number of esters is 1. The molecule has 82 valence electrons. The summed E-state index contributed by atoms with van der Waals surface area (Å²) < 4.78 is 25.3. The molecule has 0 saturated heterocycles. The Balaban J connectivity index is 2.91. The fraction of sp³-hybridized carbons (Fsp3) is 0.222. The minimum Gasteiger partial charge on any atom is -0.465 e. The lowest BCUT2D eigenvalue weighted by atomic mass is 10.2. The smallest absolute Gasteiger partial charge is 0.339 e. The van der Waals surface area contributed by atoms with Crippen LogP contribution in [0.4, 0.5) is 5.69 Å². The summed E-state index contributed by atoms with van der Waals surface area (Å²) in [5, 5.41) is 2.63. The Hall–Kier alpha value is -1.56. The molecule has 0 amide bonds. The van der Waals surface area contributed by atoms with Crippen LogP contribution in [-0.2, 0) is 15.4 Å². The maximum Gasteiger partial charge on any atom is 0.339 e. The van der Waals surface area contributed by atoms with E-state index in [1.807, 2.05) is 0 Å². The van der Waals surface area contributed by atoms with Gasteiger partial charge in [-0.1, -0.05) is 12.1 Å². The van der Waals surface area contributed by atoms with Gasteiger partial charge in [0.05, 0.1) is 12.7 Å². The Morgan fingerprint density at radius 1 is 1.40 bits per heavy atom. The zero-order valence-corrected chi connectivity index (χ0v) is 8.99. The Kier molecular flexibility index (Phi) is 4.11. The number of benzene rings is 1. The van der Waals surface area contributed by atoms with E-state index in [2.05, 4.69) is 10.1 Å². The average Bonchev–Trinajstić information content (AvgIpc) is 2.25. The largest absolute Gasteiger partial charge is 0.465 e. The molecule has 0 unspecified atom stereocenters. The Morgan fingerprint density at radius 2 is 2.07 bits per heavy atom. The molecule has 5 nitrogen and oxygen atoms in total. The van der Waals surface area contributed by atoms with Crippen LogP contribution in [0, 0.1) is 0 Å². The highest BCUT2D eigenvalue weighted by Gasteiger charge is 2.09. The Morgan fingerprint density at radius 3 is 2.67 bits per heavy atom. The van der Waals surface area contributed by atoms with Gasteiger partial charge < -0.3 is 10.1 Å². The van der Waals surface area contributed by atoms with Crippen molar-refractivity contribution in [2.45, 2.75) is 0 Å². The van der Waals surface area contributed by atoms with Crippen LogP contribution in [0.15, 0.2) is 24.3 Å². The molecule has 0 fully saturated rings. The summed E-state index contributed by atoms with van der Waals surface area (Å²) in [5.41, 5.74) is 0.764. The van der Waals surface area contributed by atoms with Crippen LogP contribution in [0.25, 0.3) is 0 Å². The molecule has 0 aliphatic carbocycles. The fourth-order valence-electron chi connectivity index (χ4n) is 1.07. The van der Waals surface area contributed by atoms with E-state index in [9.17, 15) is 13.2 Å². The summed E-state index contributed by atoms with van der Waals surface area (Å²) >= 11 is 0. The molecule has 15 heavy (non-hydrogen) atoms. The molecule has 0 aromatic heterocycles. The lowest BCUT2D eigenvalue weighted by Crippen LogP contribution is -2.09. The monoisotopic (exact) mass is 229 g/mol. The number of hydrogen-bond donors (Lipinski definition) is 2. The average molecular weight is 229 g/mol. The number of ether oxygens (including phenoxy) is 1. The molecule has 0 heterocycles. The molecule has 0 aliphatic heterocycles. The van der Waals surface area contributed by atoms with Gasteiger partial charge in [-0.25, -0.2) is 13.2 Å². The van der Waals surface area contributed by atoms with Crippen molar-refractivity contribution in [2.24, 2.45) is 0 Å². The van der Waals surface area contributed by atoms with Crippen molar-refractivity contribution in [1.29, 1.82) is 0 Å². The Bertz CT molecular complexity index is 420. The molecule has 0 aliphatic rings. The number of anilines is 1. The quantitative estimate of drug-likeness (QED) is 0.579. The summed E-state index contributed by atoms with van der Waals surface area (Å²) in [5.74, 6) is -0.706. The number of methoxy groups -OCH3 is 1. The highest BCUT2D eigenvalue weighted by molar-refractivity contribution is 7.72. The molecule has 1 aromatic carbocycles. The lowest BCUT2D eigenvalue weighted by Gasteiger charge is -2.07. The summed E-state index contributed by atoms with van der Waals surface area (Å²) in [6, 6.07) is 6.55. The molecule has 0 radical (unpaired) electrons. The van der Waals surface area contributed by atoms with Crippen molar-refractivity contribution in [3.8, 4) is 0 Å². The molecule has 6 heteroatoms. The van der Waals surface area contributed by atoms with Crippen LogP contribution >= 0.6 is 0 Å². The number of para-hydroxylation sites is 1. The van der Waals surface area contributed by atoms with Crippen molar-refractivity contribution in [2.75, 3.05) is 18.3 Å². The minimum atomic E-state index is -2.52. The zero-order valence-electron chi connectivity index (χ0n) is 8.10. The standard InChI is InChI=1S/C9H11NO4S/c1-14-9(11)7-4-2-3-5-8(7)10-6-15(12)13/h2-5,10,15H,6H2,1H3. The van der Waals surface area contributed by atoms with Crippen molar-refractivity contribution in [3.05, 3.63) is 29.8 Å². The van der Waals surface area contributed by atoms with Crippen molar-refractivity contribution < 1.29 is 17.9 Å². The third kappa shape index (κ3) is 3.25.